The molecule has 3 rings (SSSR count). The summed E-state index contributed by atoms with van der Waals surface area (Å²) < 4.78 is 21.0. The molecule has 2 aromatic rings. The van der Waals surface area contributed by atoms with E-state index in [0.717, 1.165) is 40.4 Å². The molecule has 1 aliphatic carbocycles. The highest BCUT2D eigenvalue weighted by molar-refractivity contribution is 9.10. The normalized spacial score (nSPS) is 17.8. The minimum atomic E-state index is -0.160. The van der Waals surface area contributed by atoms with E-state index in [1.54, 1.807) is 0 Å². The first kappa shape index (κ1) is 13.8. The molecule has 0 spiro atoms. The van der Waals surface area contributed by atoms with Crippen molar-refractivity contribution in [1.82, 2.24) is 0 Å². The van der Waals surface area contributed by atoms with Crippen molar-refractivity contribution in [3.05, 3.63) is 69.4 Å². The lowest BCUT2D eigenvalue weighted by atomic mass is 9.89. The third-order valence-corrected chi connectivity index (χ3v) is 4.17. The Morgan fingerprint density at radius 1 is 1.20 bits per heavy atom. The number of rotatable bonds is 3. The Balaban J connectivity index is 1.80. The Morgan fingerprint density at radius 3 is 2.80 bits per heavy atom. The molecular weight excluding hydrogens is 319 g/mol. The van der Waals surface area contributed by atoms with Crippen molar-refractivity contribution in [2.75, 3.05) is 0 Å². The minimum Gasteiger partial charge on any atom is -0.369 e. The summed E-state index contributed by atoms with van der Waals surface area (Å²) >= 11 is 3.36. The van der Waals surface area contributed by atoms with Gasteiger partial charge >= 0.3 is 0 Å². The van der Waals surface area contributed by atoms with Crippen LogP contribution in [0.4, 0.5) is 4.39 Å². The fraction of sp³-hybridized carbons (Fsp3) is 0.294. The zero-order chi connectivity index (χ0) is 13.9. The van der Waals surface area contributed by atoms with E-state index in [4.69, 9.17) is 4.74 Å². The van der Waals surface area contributed by atoms with Gasteiger partial charge in [0.25, 0.3) is 0 Å². The van der Waals surface area contributed by atoms with E-state index in [2.05, 4.69) is 15.9 Å². The zero-order valence-electron chi connectivity index (χ0n) is 11.1. The molecule has 0 amide bonds. The number of benzene rings is 2. The molecule has 2 aromatic carbocycles. The van der Waals surface area contributed by atoms with Crippen LogP contribution in [-0.4, -0.2) is 0 Å². The molecule has 3 heteroatoms. The summed E-state index contributed by atoms with van der Waals surface area (Å²) in [5.41, 5.74) is 2.94. The maximum Gasteiger partial charge on any atom is 0.130 e. The number of hydrogen-bond donors (Lipinski definition) is 0. The van der Waals surface area contributed by atoms with E-state index in [1.165, 1.54) is 6.07 Å². The van der Waals surface area contributed by atoms with Gasteiger partial charge in [-0.2, -0.15) is 0 Å². The Morgan fingerprint density at radius 2 is 2.00 bits per heavy atom. The van der Waals surface area contributed by atoms with Crippen LogP contribution in [0.25, 0.3) is 0 Å². The summed E-state index contributed by atoms with van der Waals surface area (Å²) in [4.78, 5) is 0. The molecule has 1 nitrogen and oxygen atoms in total. The number of fused-ring (bicyclic) bond motifs is 1. The van der Waals surface area contributed by atoms with Gasteiger partial charge in [0.15, 0.2) is 0 Å². The maximum absolute atomic E-state index is 14.2. The van der Waals surface area contributed by atoms with Crippen LogP contribution in [0.5, 0.6) is 0 Å². The summed E-state index contributed by atoms with van der Waals surface area (Å²) in [5.74, 6) is -0.160. The highest BCUT2D eigenvalue weighted by Crippen LogP contribution is 2.36. The largest absolute Gasteiger partial charge is 0.369 e. The summed E-state index contributed by atoms with van der Waals surface area (Å²) in [6.45, 7) is 0.528. The van der Waals surface area contributed by atoms with Gasteiger partial charge in [0, 0.05) is 10.0 Å². The molecule has 1 aliphatic rings. The number of ether oxygens (including phenoxy) is 1. The molecule has 0 heterocycles. The molecule has 0 fully saturated rings. The molecule has 0 aliphatic heterocycles. The summed E-state index contributed by atoms with van der Waals surface area (Å²) in [6, 6.07) is 13.6. The molecule has 0 saturated carbocycles. The van der Waals surface area contributed by atoms with Gasteiger partial charge in [0.05, 0.1) is 12.7 Å². The Hall–Kier alpha value is -1.19. The third-order valence-electron chi connectivity index (χ3n) is 3.71. The van der Waals surface area contributed by atoms with Crippen molar-refractivity contribution in [3.63, 3.8) is 0 Å². The van der Waals surface area contributed by atoms with Crippen LogP contribution < -0.4 is 0 Å². The van der Waals surface area contributed by atoms with Crippen LogP contribution in [0.15, 0.2) is 46.9 Å². The second-order valence-electron chi connectivity index (χ2n) is 5.14. The van der Waals surface area contributed by atoms with E-state index in [9.17, 15) is 4.39 Å². The summed E-state index contributed by atoms with van der Waals surface area (Å²) in [6.07, 6.45) is 2.73. The van der Waals surface area contributed by atoms with Gasteiger partial charge in [-0.25, -0.2) is 4.39 Å². The van der Waals surface area contributed by atoms with E-state index in [0.29, 0.717) is 6.61 Å². The smallest absolute Gasteiger partial charge is 0.130 e. The molecule has 0 saturated heterocycles. The fourth-order valence-electron chi connectivity index (χ4n) is 2.77. The first-order chi connectivity index (χ1) is 9.74. The van der Waals surface area contributed by atoms with Crippen molar-refractivity contribution in [2.24, 2.45) is 0 Å². The van der Waals surface area contributed by atoms with Gasteiger partial charge < -0.3 is 4.74 Å². The van der Waals surface area contributed by atoms with Gasteiger partial charge in [-0.1, -0.05) is 46.3 Å². The highest BCUT2D eigenvalue weighted by Gasteiger charge is 2.24. The Bertz CT molecular complexity index is 597. The number of halogens is 2. The fourth-order valence-corrected chi connectivity index (χ4v) is 3.24. The van der Waals surface area contributed by atoms with Gasteiger partial charge in [-0.3, -0.25) is 0 Å². The Kier molecular flexibility index (Phi) is 4.18. The van der Waals surface area contributed by atoms with Gasteiger partial charge in [-0.15, -0.1) is 0 Å². The lowest BCUT2D eigenvalue weighted by Gasteiger charge is -2.26. The first-order valence-corrected chi connectivity index (χ1v) is 7.66. The lowest BCUT2D eigenvalue weighted by molar-refractivity contribution is 0.0258. The lowest BCUT2D eigenvalue weighted by Crippen LogP contribution is -2.15. The molecule has 1 atom stereocenters. The molecule has 0 aromatic heterocycles. The molecule has 0 radical (unpaired) electrons. The molecular formula is C17H16BrFO. The predicted octanol–water partition coefficient (Wildman–Crippen LogP) is 5.18. The van der Waals surface area contributed by atoms with E-state index in [1.807, 2.05) is 36.4 Å². The van der Waals surface area contributed by atoms with E-state index in [-0.39, 0.29) is 11.9 Å². The SMILES string of the molecule is Fc1cc(Br)cc2c1C(OCc1ccccc1)CCC2. The van der Waals surface area contributed by atoms with Crippen LogP contribution in [0.2, 0.25) is 0 Å². The molecule has 20 heavy (non-hydrogen) atoms. The summed E-state index contributed by atoms with van der Waals surface area (Å²) in [5, 5.41) is 0. The minimum absolute atomic E-state index is 0.132. The monoisotopic (exact) mass is 334 g/mol. The van der Waals surface area contributed by atoms with Crippen LogP contribution in [0.1, 0.15) is 35.6 Å². The quantitative estimate of drug-likeness (QED) is 0.751. The highest BCUT2D eigenvalue weighted by atomic mass is 79.9. The average Bonchev–Trinajstić information content (AvgIpc) is 2.45. The van der Waals surface area contributed by atoms with Crippen molar-refractivity contribution in [3.8, 4) is 0 Å². The van der Waals surface area contributed by atoms with Gasteiger partial charge in [0.2, 0.25) is 0 Å². The molecule has 1 unspecified atom stereocenters. The zero-order valence-corrected chi connectivity index (χ0v) is 12.7. The topological polar surface area (TPSA) is 9.23 Å². The van der Waals surface area contributed by atoms with Crippen LogP contribution in [0, 0.1) is 5.82 Å². The average molecular weight is 335 g/mol. The summed E-state index contributed by atoms with van der Waals surface area (Å²) in [7, 11) is 0. The number of hydrogen-bond acceptors (Lipinski definition) is 1. The van der Waals surface area contributed by atoms with Crippen molar-refractivity contribution >= 4 is 15.9 Å². The van der Waals surface area contributed by atoms with Crippen LogP contribution in [0.3, 0.4) is 0 Å². The molecule has 0 bridgehead atoms. The maximum atomic E-state index is 14.2. The van der Waals surface area contributed by atoms with Crippen LogP contribution >= 0.6 is 15.9 Å². The van der Waals surface area contributed by atoms with Gasteiger partial charge in [-0.05, 0) is 42.5 Å². The van der Waals surface area contributed by atoms with Crippen molar-refractivity contribution in [1.29, 1.82) is 0 Å². The van der Waals surface area contributed by atoms with Gasteiger partial charge in [0.1, 0.15) is 5.82 Å². The number of aryl methyl sites for hydroxylation is 1. The molecule has 0 N–H and O–H groups in total. The second-order valence-corrected chi connectivity index (χ2v) is 6.05. The van der Waals surface area contributed by atoms with Crippen molar-refractivity contribution < 1.29 is 9.13 Å². The van der Waals surface area contributed by atoms with E-state index >= 15 is 0 Å². The van der Waals surface area contributed by atoms with Crippen LogP contribution in [-0.2, 0) is 17.8 Å². The third kappa shape index (κ3) is 2.94. The van der Waals surface area contributed by atoms with E-state index < -0.39 is 0 Å². The Labute approximate surface area is 126 Å². The second kappa shape index (κ2) is 6.06. The standard InChI is InChI=1S/C17H16BrFO/c18-14-9-13-7-4-8-16(17(13)15(19)10-14)20-11-12-5-2-1-3-6-12/h1-3,5-6,9-10,16H,4,7-8,11H2. The molecule has 104 valence electrons. The first-order valence-electron chi connectivity index (χ1n) is 6.87. The van der Waals surface area contributed by atoms with Crippen molar-refractivity contribution in [2.45, 2.75) is 32.0 Å². The predicted molar refractivity (Wildman–Crippen MR) is 81.0 cm³/mol.